The molecule has 1 N–H and O–H groups in total. The van der Waals surface area contributed by atoms with E-state index in [9.17, 15) is 4.79 Å². The second-order valence-corrected chi connectivity index (χ2v) is 4.53. The second kappa shape index (κ2) is 6.14. The minimum absolute atomic E-state index is 0.0284. The maximum Gasteiger partial charge on any atom is 0.158 e. The Bertz CT molecular complexity index is 150. The lowest BCUT2D eigenvalue weighted by molar-refractivity contribution is -0.123. The van der Waals surface area contributed by atoms with Crippen LogP contribution in [0.4, 0.5) is 0 Å². The lowest BCUT2D eigenvalue weighted by Crippen LogP contribution is -2.18. The molecule has 0 spiro atoms. The maximum atomic E-state index is 11.1. The number of ketones is 1. The fraction of sp³-hybridized carbons (Fsp3) is 0.909. The number of hydrogen-bond acceptors (Lipinski definition) is 2. The van der Waals surface area contributed by atoms with Crippen LogP contribution in [-0.4, -0.2) is 17.5 Å². The normalized spacial score (nSPS) is 13.8. The molecule has 0 aromatic heterocycles. The molecular formula is C11H22O2. The van der Waals surface area contributed by atoms with Gasteiger partial charge in [-0.2, -0.15) is 0 Å². The van der Waals surface area contributed by atoms with E-state index in [-0.39, 0.29) is 12.4 Å². The fourth-order valence-electron chi connectivity index (χ4n) is 1.55. The Kier molecular flexibility index (Phi) is 5.97. The number of Topliss-reactive ketones (excluding diaryl/α,β-unsaturated/α-hetero) is 1. The first-order valence-electron chi connectivity index (χ1n) is 5.09. The topological polar surface area (TPSA) is 37.3 Å². The van der Waals surface area contributed by atoms with Gasteiger partial charge in [-0.3, -0.25) is 4.79 Å². The molecule has 0 bridgehead atoms. The third-order valence-corrected chi connectivity index (χ3v) is 2.38. The second-order valence-electron chi connectivity index (χ2n) is 4.53. The lowest BCUT2D eigenvalue weighted by Gasteiger charge is -2.21. The Morgan fingerprint density at radius 2 is 1.77 bits per heavy atom. The van der Waals surface area contributed by atoms with Crippen LogP contribution in [0.5, 0.6) is 0 Å². The summed E-state index contributed by atoms with van der Waals surface area (Å²) in [5.74, 6) is 1.55. The van der Waals surface area contributed by atoms with Crippen molar-refractivity contribution in [1.82, 2.24) is 0 Å². The third kappa shape index (κ3) is 5.81. The molecule has 1 atom stereocenters. The van der Waals surface area contributed by atoms with Crippen LogP contribution in [0.1, 0.15) is 40.5 Å². The number of hydrogen-bond donors (Lipinski definition) is 1. The molecule has 0 heterocycles. The molecule has 0 aliphatic rings. The summed E-state index contributed by atoms with van der Waals surface area (Å²) in [7, 11) is 0. The predicted octanol–water partition coefficient (Wildman–Crippen LogP) is 2.26. The van der Waals surface area contributed by atoms with E-state index in [4.69, 9.17) is 5.11 Å². The summed E-state index contributed by atoms with van der Waals surface area (Å²) in [4.78, 5) is 11.1. The van der Waals surface area contributed by atoms with Crippen molar-refractivity contribution in [2.24, 2.45) is 17.8 Å². The van der Waals surface area contributed by atoms with E-state index in [1.165, 1.54) is 0 Å². The number of carbonyl (C=O) groups is 1. The summed E-state index contributed by atoms with van der Waals surface area (Å²) in [6, 6.07) is 0. The van der Waals surface area contributed by atoms with Gasteiger partial charge in [-0.05, 0) is 24.2 Å². The van der Waals surface area contributed by atoms with Crippen LogP contribution in [0, 0.1) is 17.8 Å². The smallest absolute Gasteiger partial charge is 0.158 e. The van der Waals surface area contributed by atoms with E-state index >= 15 is 0 Å². The molecule has 0 radical (unpaired) electrons. The van der Waals surface area contributed by atoms with Crippen molar-refractivity contribution in [3.05, 3.63) is 0 Å². The highest BCUT2D eigenvalue weighted by Crippen LogP contribution is 2.23. The van der Waals surface area contributed by atoms with Crippen LogP contribution >= 0.6 is 0 Å². The largest absolute Gasteiger partial charge is 0.389 e. The minimum atomic E-state index is -0.304. The highest BCUT2D eigenvalue weighted by molar-refractivity contribution is 5.79. The number of aliphatic hydroxyl groups excluding tert-OH is 1. The van der Waals surface area contributed by atoms with Crippen molar-refractivity contribution < 1.29 is 9.90 Å². The van der Waals surface area contributed by atoms with Gasteiger partial charge in [0.15, 0.2) is 5.78 Å². The number of carbonyl (C=O) groups excluding carboxylic acids is 1. The molecule has 0 saturated carbocycles. The molecular weight excluding hydrogens is 164 g/mol. The highest BCUT2D eigenvalue weighted by atomic mass is 16.3. The van der Waals surface area contributed by atoms with Crippen LogP contribution in [-0.2, 0) is 4.79 Å². The van der Waals surface area contributed by atoms with Crippen molar-refractivity contribution in [2.45, 2.75) is 40.5 Å². The van der Waals surface area contributed by atoms with Gasteiger partial charge in [-0.15, -0.1) is 0 Å². The van der Waals surface area contributed by atoms with Crippen molar-refractivity contribution in [2.75, 3.05) is 6.61 Å². The van der Waals surface area contributed by atoms with Crippen LogP contribution in [0.2, 0.25) is 0 Å². The first-order valence-corrected chi connectivity index (χ1v) is 5.09. The van der Waals surface area contributed by atoms with E-state index in [0.29, 0.717) is 24.2 Å². The van der Waals surface area contributed by atoms with E-state index in [0.717, 1.165) is 6.42 Å². The van der Waals surface area contributed by atoms with Crippen molar-refractivity contribution in [1.29, 1.82) is 0 Å². The van der Waals surface area contributed by atoms with E-state index < -0.39 is 0 Å². The summed E-state index contributed by atoms with van der Waals surface area (Å²) in [6.07, 6.45) is 1.61. The molecule has 1 unspecified atom stereocenters. The standard InChI is InChI=1S/C11H22O2/c1-8(2)5-10(9(3)4)6-11(13)7-12/h8-10,12H,5-7H2,1-4H3. The molecule has 0 saturated heterocycles. The Balaban J connectivity index is 4.02. The number of rotatable bonds is 6. The van der Waals surface area contributed by atoms with Gasteiger partial charge < -0.3 is 5.11 Å². The minimum Gasteiger partial charge on any atom is -0.389 e. The van der Waals surface area contributed by atoms with Gasteiger partial charge in [0.25, 0.3) is 0 Å². The summed E-state index contributed by atoms with van der Waals surface area (Å²) < 4.78 is 0. The van der Waals surface area contributed by atoms with Crippen molar-refractivity contribution >= 4 is 5.78 Å². The van der Waals surface area contributed by atoms with Gasteiger partial charge in [0.2, 0.25) is 0 Å². The van der Waals surface area contributed by atoms with Crippen LogP contribution in [0.15, 0.2) is 0 Å². The van der Waals surface area contributed by atoms with Gasteiger partial charge in [0.05, 0.1) is 0 Å². The highest BCUT2D eigenvalue weighted by Gasteiger charge is 2.17. The monoisotopic (exact) mass is 186 g/mol. The fourth-order valence-corrected chi connectivity index (χ4v) is 1.55. The lowest BCUT2D eigenvalue weighted by atomic mass is 9.84. The summed E-state index contributed by atoms with van der Waals surface area (Å²) in [5.41, 5.74) is 0. The van der Waals surface area contributed by atoms with E-state index in [1.807, 2.05) is 0 Å². The molecule has 0 aliphatic heterocycles. The summed E-state index contributed by atoms with van der Waals surface area (Å²) >= 11 is 0. The van der Waals surface area contributed by atoms with Crippen molar-refractivity contribution in [3.8, 4) is 0 Å². The first kappa shape index (κ1) is 12.6. The van der Waals surface area contributed by atoms with Crippen LogP contribution < -0.4 is 0 Å². The Morgan fingerprint density at radius 3 is 2.08 bits per heavy atom. The molecule has 0 aromatic rings. The SMILES string of the molecule is CC(C)CC(CC(=O)CO)C(C)C. The van der Waals surface area contributed by atoms with Gasteiger partial charge in [0, 0.05) is 6.42 Å². The quantitative estimate of drug-likeness (QED) is 0.691. The molecule has 2 nitrogen and oxygen atoms in total. The third-order valence-electron chi connectivity index (χ3n) is 2.38. The van der Waals surface area contributed by atoms with E-state index in [2.05, 4.69) is 27.7 Å². The Morgan fingerprint density at radius 1 is 1.23 bits per heavy atom. The zero-order valence-corrected chi connectivity index (χ0v) is 9.21. The van der Waals surface area contributed by atoms with Gasteiger partial charge >= 0.3 is 0 Å². The zero-order valence-electron chi connectivity index (χ0n) is 9.21. The molecule has 2 heteroatoms. The Hall–Kier alpha value is -0.370. The maximum absolute atomic E-state index is 11.1. The number of aliphatic hydroxyl groups is 1. The van der Waals surface area contributed by atoms with Crippen molar-refractivity contribution in [3.63, 3.8) is 0 Å². The van der Waals surface area contributed by atoms with Crippen LogP contribution in [0.3, 0.4) is 0 Å². The summed E-state index contributed by atoms with van der Waals surface area (Å²) in [6.45, 7) is 8.30. The van der Waals surface area contributed by atoms with Gasteiger partial charge in [-0.25, -0.2) is 0 Å². The van der Waals surface area contributed by atoms with Crippen LogP contribution in [0.25, 0.3) is 0 Å². The molecule has 0 aliphatic carbocycles. The molecule has 0 amide bonds. The average Bonchev–Trinajstić information content (AvgIpc) is 2.02. The zero-order chi connectivity index (χ0) is 10.4. The van der Waals surface area contributed by atoms with E-state index in [1.54, 1.807) is 0 Å². The van der Waals surface area contributed by atoms with Gasteiger partial charge in [0.1, 0.15) is 6.61 Å². The molecule has 0 rings (SSSR count). The first-order chi connectivity index (χ1) is 5.97. The molecule has 0 aromatic carbocycles. The molecule has 13 heavy (non-hydrogen) atoms. The Labute approximate surface area is 81.3 Å². The molecule has 0 fully saturated rings. The van der Waals surface area contributed by atoms with Gasteiger partial charge in [-0.1, -0.05) is 27.7 Å². The predicted molar refractivity (Wildman–Crippen MR) is 54.5 cm³/mol. The summed E-state index contributed by atoms with van der Waals surface area (Å²) in [5, 5.41) is 8.65. The molecule has 78 valence electrons. The average molecular weight is 186 g/mol.